The number of hydrogen-bond donors (Lipinski definition) is 1. The van der Waals surface area contributed by atoms with E-state index in [1.165, 1.54) is 0 Å². The minimum atomic E-state index is 0. The molecular weight excluding hydrogens is 353 g/mol. The van der Waals surface area contributed by atoms with Crippen LogP contribution in [0, 0.1) is 12.8 Å². The van der Waals surface area contributed by atoms with E-state index in [4.69, 9.17) is 4.74 Å². The summed E-state index contributed by atoms with van der Waals surface area (Å²) in [6.07, 6.45) is 0. The second-order valence-electron chi connectivity index (χ2n) is 5.17. The molecule has 5 nitrogen and oxygen atoms in total. The first-order chi connectivity index (χ1) is 9.99. The van der Waals surface area contributed by atoms with E-state index in [-0.39, 0.29) is 38.8 Å². The molecule has 0 aliphatic heterocycles. The molecule has 1 radical (unpaired) electrons. The molecule has 0 spiro atoms. The van der Waals surface area contributed by atoms with Gasteiger partial charge >= 0.3 is 0 Å². The molecule has 0 amide bonds. The zero-order valence-corrected chi connectivity index (χ0v) is 16.6. The number of hydrogen-bond acceptors (Lipinski definition) is 5. The number of nitrogens with one attached hydrogen (secondary N) is 1. The smallest absolute Gasteiger partial charge is 0.224 e. The Bertz CT molecular complexity index is 602. The molecule has 0 saturated carbocycles. The van der Waals surface area contributed by atoms with Crippen LogP contribution in [0.5, 0.6) is 5.75 Å². The van der Waals surface area contributed by atoms with Gasteiger partial charge < -0.3 is 16.0 Å². The Morgan fingerprint density at radius 2 is 1.73 bits per heavy atom. The number of rotatable bonds is 5. The average molecular weight is 374 g/mol. The van der Waals surface area contributed by atoms with Crippen molar-refractivity contribution in [1.29, 1.82) is 0 Å². The van der Waals surface area contributed by atoms with Gasteiger partial charge in [0.1, 0.15) is 11.6 Å². The van der Waals surface area contributed by atoms with Gasteiger partial charge in [-0.1, -0.05) is 12.1 Å². The van der Waals surface area contributed by atoms with Crippen molar-refractivity contribution in [1.82, 2.24) is 15.0 Å². The van der Waals surface area contributed by atoms with Crippen molar-refractivity contribution in [2.75, 3.05) is 12.4 Å². The van der Waals surface area contributed by atoms with Crippen LogP contribution in [0.15, 0.2) is 24.3 Å². The average Bonchev–Trinajstić information content (AvgIpc) is 2.46. The van der Waals surface area contributed by atoms with Crippen molar-refractivity contribution >= 4 is 5.95 Å². The molecule has 1 N–H and O–H groups in total. The number of benzene rings is 1. The third kappa shape index (κ3) is 4.92. The first-order valence-corrected chi connectivity index (χ1v) is 6.93. The van der Waals surface area contributed by atoms with Crippen LogP contribution in [0.25, 0.3) is 0 Å². The quantitative estimate of drug-likeness (QED) is 0.814. The van der Waals surface area contributed by atoms with Gasteiger partial charge in [-0.3, -0.25) is 4.98 Å². The van der Waals surface area contributed by atoms with Crippen molar-refractivity contribution in [3.05, 3.63) is 47.4 Å². The van der Waals surface area contributed by atoms with Gasteiger partial charge in [-0.05, 0) is 31.5 Å². The van der Waals surface area contributed by atoms with E-state index in [1.807, 2.05) is 45.0 Å². The minimum Gasteiger partial charge on any atom is -0.497 e. The summed E-state index contributed by atoms with van der Waals surface area (Å²) in [5.74, 6) is 3.96. The van der Waals surface area contributed by atoms with Crippen molar-refractivity contribution < 1.29 is 37.4 Å². The number of aromatic nitrogens is 3. The van der Waals surface area contributed by atoms with Crippen LogP contribution in [-0.4, -0.2) is 22.1 Å². The molecule has 1 aromatic heterocycles. The van der Waals surface area contributed by atoms with Gasteiger partial charge in [0, 0.05) is 38.5 Å². The van der Waals surface area contributed by atoms with Gasteiger partial charge in [0.05, 0.1) is 13.2 Å². The third-order valence-electron chi connectivity index (χ3n) is 3.16. The molecule has 22 heavy (non-hydrogen) atoms. The standard InChI is InChI=1S/C16H21N4O.Y/c1-10(2)15-18-12(4)19-16(20-15)17-11(3)13-6-8-14(21-5)9-7-13;/h6-9,11H,1-5H3,(H,17,18,19,20);/q-1;. The van der Waals surface area contributed by atoms with Gasteiger partial charge in [0.15, 0.2) is 0 Å². The topological polar surface area (TPSA) is 59.9 Å². The molecule has 115 valence electrons. The monoisotopic (exact) mass is 374 g/mol. The number of nitrogens with zero attached hydrogens (tertiary/aromatic N) is 3. The van der Waals surface area contributed by atoms with Crippen LogP contribution in [0.3, 0.4) is 0 Å². The molecular formula is C16H21N4OY-. The van der Waals surface area contributed by atoms with Crippen molar-refractivity contribution in [3.63, 3.8) is 0 Å². The Kier molecular flexibility index (Phi) is 7.23. The molecule has 1 unspecified atom stereocenters. The summed E-state index contributed by atoms with van der Waals surface area (Å²) in [7, 11) is 1.66. The normalized spacial score (nSPS) is 11.3. The fraction of sp³-hybridized carbons (Fsp3) is 0.375. The Balaban J connectivity index is 0.00000242. The van der Waals surface area contributed by atoms with Crippen molar-refractivity contribution in [3.8, 4) is 5.75 Å². The summed E-state index contributed by atoms with van der Waals surface area (Å²) in [5, 5.41) is 3.32. The van der Waals surface area contributed by atoms with E-state index < -0.39 is 0 Å². The Morgan fingerprint density at radius 1 is 1.09 bits per heavy atom. The fourth-order valence-corrected chi connectivity index (χ4v) is 1.94. The Morgan fingerprint density at radius 3 is 2.27 bits per heavy atom. The molecule has 1 aromatic carbocycles. The molecule has 1 atom stereocenters. The maximum absolute atomic E-state index is 5.17. The zero-order chi connectivity index (χ0) is 15.4. The molecule has 0 bridgehead atoms. The molecule has 1 heterocycles. The Hall–Kier alpha value is -1.20. The van der Waals surface area contributed by atoms with E-state index in [0.29, 0.717) is 11.8 Å². The fourth-order valence-electron chi connectivity index (χ4n) is 1.94. The molecule has 0 aliphatic carbocycles. The summed E-state index contributed by atoms with van der Waals surface area (Å²) in [5.41, 5.74) is 1.15. The first kappa shape index (κ1) is 18.9. The maximum Gasteiger partial charge on any atom is 0.224 e. The van der Waals surface area contributed by atoms with Gasteiger partial charge in [0.2, 0.25) is 5.95 Å². The molecule has 2 rings (SSSR count). The minimum absolute atomic E-state index is 0. The molecule has 0 fully saturated rings. The van der Waals surface area contributed by atoms with Crippen LogP contribution in [0.1, 0.15) is 44.0 Å². The van der Waals surface area contributed by atoms with E-state index in [2.05, 4.69) is 27.2 Å². The number of methoxy groups -OCH3 is 1. The predicted octanol–water partition coefficient (Wildman–Crippen LogP) is 3.32. The van der Waals surface area contributed by atoms with E-state index in [9.17, 15) is 0 Å². The largest absolute Gasteiger partial charge is 0.497 e. The van der Waals surface area contributed by atoms with Gasteiger partial charge in [0.25, 0.3) is 0 Å². The van der Waals surface area contributed by atoms with E-state index in [0.717, 1.165) is 23.1 Å². The van der Waals surface area contributed by atoms with Crippen molar-refractivity contribution in [2.45, 2.75) is 33.7 Å². The molecule has 0 aliphatic rings. The zero-order valence-electron chi connectivity index (χ0n) is 13.7. The van der Waals surface area contributed by atoms with Gasteiger partial charge in [-0.2, -0.15) is 18.8 Å². The maximum atomic E-state index is 5.17. The second-order valence-corrected chi connectivity index (χ2v) is 5.17. The van der Waals surface area contributed by atoms with Crippen molar-refractivity contribution in [2.24, 2.45) is 0 Å². The summed E-state index contributed by atoms with van der Waals surface area (Å²) < 4.78 is 5.17. The molecule has 6 heteroatoms. The second kappa shape index (κ2) is 8.44. The summed E-state index contributed by atoms with van der Waals surface area (Å²) in [4.78, 5) is 13.1. The SMILES string of the molecule is COc1ccc(C(C)Nc2nc(C)nc([C-](C)C)n2)cc1.[Y]. The summed E-state index contributed by atoms with van der Waals surface area (Å²) in [6.45, 7) is 7.93. The number of aryl methyl sites for hydroxylation is 1. The summed E-state index contributed by atoms with van der Waals surface area (Å²) in [6, 6.07) is 8.05. The molecule has 0 saturated heterocycles. The Labute approximate surface area is 157 Å². The van der Waals surface area contributed by atoms with E-state index in [1.54, 1.807) is 7.11 Å². The van der Waals surface area contributed by atoms with E-state index >= 15 is 0 Å². The molecule has 2 aromatic rings. The van der Waals surface area contributed by atoms with Crippen LogP contribution in [0.2, 0.25) is 0 Å². The van der Waals surface area contributed by atoms with Gasteiger partial charge in [-0.15, -0.1) is 0 Å². The predicted molar refractivity (Wildman–Crippen MR) is 83.3 cm³/mol. The number of ether oxygens (including phenoxy) is 1. The third-order valence-corrected chi connectivity index (χ3v) is 3.16. The number of anilines is 1. The first-order valence-electron chi connectivity index (χ1n) is 6.93. The van der Waals surface area contributed by atoms with Crippen LogP contribution < -0.4 is 10.1 Å². The van der Waals surface area contributed by atoms with Gasteiger partial charge in [-0.25, -0.2) is 4.98 Å². The van der Waals surface area contributed by atoms with Crippen LogP contribution in [0.4, 0.5) is 5.95 Å². The summed E-state index contributed by atoms with van der Waals surface area (Å²) >= 11 is 0. The van der Waals surface area contributed by atoms with Crippen LogP contribution >= 0.6 is 0 Å². The van der Waals surface area contributed by atoms with Crippen LogP contribution in [-0.2, 0) is 32.7 Å².